The summed E-state index contributed by atoms with van der Waals surface area (Å²) >= 11 is 10.9. The van der Waals surface area contributed by atoms with E-state index in [1.807, 2.05) is 0 Å². The van der Waals surface area contributed by atoms with Crippen molar-refractivity contribution >= 4 is 23.2 Å². The van der Waals surface area contributed by atoms with Crippen LogP contribution >= 0.6 is 23.2 Å². The van der Waals surface area contributed by atoms with Gasteiger partial charge in [0.1, 0.15) is 5.75 Å². The first kappa shape index (κ1) is 9.49. The molecule has 1 aliphatic rings. The molecule has 0 N–H and O–H groups in total. The van der Waals surface area contributed by atoms with Crippen molar-refractivity contribution in [3.8, 4) is 17.2 Å². The maximum atomic E-state index is 5.59. The minimum absolute atomic E-state index is 0.102. The quantitative estimate of drug-likeness (QED) is 0.734. The molecule has 0 atom stereocenters. The van der Waals surface area contributed by atoms with E-state index in [0.29, 0.717) is 17.2 Å². The van der Waals surface area contributed by atoms with Crippen LogP contribution in [0.25, 0.3) is 0 Å². The SMILES string of the molecule is Cl/C=C(/Cl)Oc1ccc2c(c1)OCO2. The van der Waals surface area contributed by atoms with E-state index < -0.39 is 0 Å². The normalized spacial score (nSPS) is 14.3. The van der Waals surface area contributed by atoms with E-state index in [9.17, 15) is 0 Å². The average molecular weight is 233 g/mol. The van der Waals surface area contributed by atoms with Crippen molar-refractivity contribution in [1.29, 1.82) is 0 Å². The fourth-order valence-electron chi connectivity index (χ4n) is 1.08. The highest BCUT2D eigenvalue weighted by Gasteiger charge is 2.13. The molecule has 14 heavy (non-hydrogen) atoms. The molecule has 3 nitrogen and oxygen atoms in total. The molecule has 0 aliphatic carbocycles. The summed E-state index contributed by atoms with van der Waals surface area (Å²) in [5.74, 6) is 1.89. The first-order chi connectivity index (χ1) is 6.79. The van der Waals surface area contributed by atoms with Crippen molar-refractivity contribution in [2.45, 2.75) is 0 Å². The van der Waals surface area contributed by atoms with Crippen LogP contribution < -0.4 is 14.2 Å². The molecule has 0 saturated carbocycles. The minimum atomic E-state index is 0.102. The van der Waals surface area contributed by atoms with Gasteiger partial charge in [0.2, 0.25) is 12.0 Å². The first-order valence-electron chi connectivity index (χ1n) is 3.83. The van der Waals surface area contributed by atoms with Crippen LogP contribution in [-0.2, 0) is 0 Å². The zero-order valence-electron chi connectivity index (χ0n) is 7.00. The lowest BCUT2D eigenvalue weighted by Gasteiger charge is -2.03. The number of hydrogen-bond donors (Lipinski definition) is 0. The third-order valence-corrected chi connectivity index (χ3v) is 2.14. The Morgan fingerprint density at radius 1 is 1.36 bits per heavy atom. The molecule has 0 fully saturated rings. The third kappa shape index (κ3) is 1.89. The molecule has 0 saturated heterocycles. The number of halogens is 2. The van der Waals surface area contributed by atoms with Crippen molar-refractivity contribution in [2.75, 3.05) is 6.79 Å². The Kier molecular flexibility index (Phi) is 2.70. The van der Waals surface area contributed by atoms with Crippen LogP contribution in [0, 0.1) is 0 Å². The smallest absolute Gasteiger partial charge is 0.231 e. The van der Waals surface area contributed by atoms with Crippen molar-refractivity contribution in [3.63, 3.8) is 0 Å². The Morgan fingerprint density at radius 2 is 2.14 bits per heavy atom. The summed E-state index contributed by atoms with van der Waals surface area (Å²) in [7, 11) is 0. The number of hydrogen-bond acceptors (Lipinski definition) is 3. The second kappa shape index (κ2) is 3.98. The van der Waals surface area contributed by atoms with Crippen molar-refractivity contribution in [2.24, 2.45) is 0 Å². The first-order valence-corrected chi connectivity index (χ1v) is 4.64. The van der Waals surface area contributed by atoms with Gasteiger partial charge < -0.3 is 14.2 Å². The molecule has 0 unspecified atom stereocenters. The van der Waals surface area contributed by atoms with Gasteiger partial charge in [0.05, 0.1) is 5.54 Å². The Labute approximate surface area is 90.8 Å². The van der Waals surface area contributed by atoms with Crippen molar-refractivity contribution in [1.82, 2.24) is 0 Å². The zero-order valence-corrected chi connectivity index (χ0v) is 8.51. The standard InChI is InChI=1S/C9H6Cl2O3/c10-4-9(11)14-6-1-2-7-8(3-6)13-5-12-7/h1-4H,5H2/b9-4-. The van der Waals surface area contributed by atoms with Gasteiger partial charge in [-0.3, -0.25) is 0 Å². The number of rotatable bonds is 2. The highest BCUT2D eigenvalue weighted by atomic mass is 35.5. The molecule has 0 aromatic heterocycles. The Balaban J connectivity index is 2.21. The Hall–Kier alpha value is -1.06. The molecule has 0 bridgehead atoms. The second-order valence-corrected chi connectivity index (χ2v) is 3.12. The highest BCUT2D eigenvalue weighted by Crippen LogP contribution is 2.35. The van der Waals surface area contributed by atoms with Crippen LogP contribution in [0.1, 0.15) is 0 Å². The molecular weight excluding hydrogens is 227 g/mol. The van der Waals surface area contributed by atoms with Gasteiger partial charge in [0.15, 0.2) is 11.5 Å². The van der Waals surface area contributed by atoms with Crippen LogP contribution in [0.2, 0.25) is 0 Å². The van der Waals surface area contributed by atoms with Gasteiger partial charge in [-0.2, -0.15) is 0 Å². The van der Waals surface area contributed by atoms with Crippen LogP contribution in [0.5, 0.6) is 17.2 Å². The van der Waals surface area contributed by atoms with Gasteiger partial charge in [-0.05, 0) is 23.7 Å². The lowest BCUT2D eigenvalue weighted by atomic mass is 10.3. The third-order valence-electron chi connectivity index (χ3n) is 1.65. The molecular formula is C9H6Cl2O3. The number of fused-ring (bicyclic) bond motifs is 1. The van der Waals surface area contributed by atoms with Gasteiger partial charge in [0, 0.05) is 6.07 Å². The Bertz CT molecular complexity index is 376. The summed E-state index contributed by atoms with van der Waals surface area (Å²) in [6.45, 7) is 0.234. The predicted molar refractivity (Wildman–Crippen MR) is 53.0 cm³/mol. The molecule has 0 spiro atoms. The second-order valence-electron chi connectivity index (χ2n) is 2.53. The van der Waals surface area contributed by atoms with Crippen molar-refractivity contribution < 1.29 is 14.2 Å². The van der Waals surface area contributed by atoms with Crippen LogP contribution in [0.3, 0.4) is 0 Å². The molecule has 1 aromatic carbocycles. The molecule has 1 heterocycles. The Morgan fingerprint density at radius 3 is 2.93 bits per heavy atom. The zero-order chi connectivity index (χ0) is 9.97. The molecule has 1 aliphatic heterocycles. The van der Waals surface area contributed by atoms with Gasteiger partial charge >= 0.3 is 0 Å². The summed E-state index contributed by atoms with van der Waals surface area (Å²) < 4.78 is 15.4. The monoisotopic (exact) mass is 232 g/mol. The fraction of sp³-hybridized carbons (Fsp3) is 0.111. The van der Waals surface area contributed by atoms with E-state index in [4.69, 9.17) is 37.4 Å². The summed E-state index contributed by atoms with van der Waals surface area (Å²) in [5.41, 5.74) is 1.14. The molecule has 5 heteroatoms. The van der Waals surface area contributed by atoms with E-state index in [2.05, 4.69) is 0 Å². The number of benzene rings is 1. The van der Waals surface area contributed by atoms with E-state index in [1.54, 1.807) is 18.2 Å². The topological polar surface area (TPSA) is 27.7 Å². The maximum Gasteiger partial charge on any atom is 0.231 e. The summed E-state index contributed by atoms with van der Waals surface area (Å²) in [4.78, 5) is 0. The maximum absolute atomic E-state index is 5.59. The van der Waals surface area contributed by atoms with Gasteiger partial charge in [-0.1, -0.05) is 11.6 Å². The van der Waals surface area contributed by atoms with Gasteiger partial charge in [-0.15, -0.1) is 0 Å². The van der Waals surface area contributed by atoms with E-state index in [1.165, 1.54) is 0 Å². The lowest BCUT2D eigenvalue weighted by molar-refractivity contribution is 0.174. The van der Waals surface area contributed by atoms with Crippen LogP contribution in [0.4, 0.5) is 0 Å². The lowest BCUT2D eigenvalue weighted by Crippen LogP contribution is -1.92. The molecule has 1 aromatic rings. The predicted octanol–water partition coefficient (Wildman–Crippen LogP) is 3.07. The molecule has 0 amide bonds. The molecule has 74 valence electrons. The van der Waals surface area contributed by atoms with E-state index in [-0.39, 0.29) is 12.0 Å². The largest absolute Gasteiger partial charge is 0.454 e. The van der Waals surface area contributed by atoms with Gasteiger partial charge in [-0.25, -0.2) is 0 Å². The van der Waals surface area contributed by atoms with E-state index >= 15 is 0 Å². The average Bonchev–Trinajstić information content (AvgIpc) is 2.64. The number of ether oxygens (including phenoxy) is 3. The van der Waals surface area contributed by atoms with E-state index in [0.717, 1.165) is 5.54 Å². The van der Waals surface area contributed by atoms with Crippen LogP contribution in [0.15, 0.2) is 29.0 Å². The fourth-order valence-corrected chi connectivity index (χ4v) is 1.21. The summed E-state index contributed by atoms with van der Waals surface area (Å²) in [6, 6.07) is 5.15. The molecule has 2 rings (SSSR count). The summed E-state index contributed by atoms with van der Waals surface area (Å²) in [6.07, 6.45) is 0. The van der Waals surface area contributed by atoms with Crippen LogP contribution in [-0.4, -0.2) is 6.79 Å². The molecule has 0 radical (unpaired) electrons. The minimum Gasteiger partial charge on any atom is -0.454 e. The highest BCUT2D eigenvalue weighted by molar-refractivity contribution is 6.35. The van der Waals surface area contributed by atoms with Gasteiger partial charge in [0.25, 0.3) is 0 Å². The summed E-state index contributed by atoms with van der Waals surface area (Å²) in [5, 5.41) is 0.102. The van der Waals surface area contributed by atoms with Crippen molar-refractivity contribution in [3.05, 3.63) is 29.0 Å².